The standard InChI is InChI=1S/C25H28FN3O4S/c1-25(2,3)22-14-23(29(28-22)19-12-13-34(31,32)16-19)27-24(30)20-6-4-5-7-21(20)33-15-17-8-10-18(26)11-9-17/h4-11,14,19H,12-13,15-16H2,1-3H3,(H,27,30). The lowest BCUT2D eigenvalue weighted by atomic mass is 9.92. The highest BCUT2D eigenvalue weighted by Crippen LogP contribution is 2.31. The predicted octanol–water partition coefficient (Wildman–Crippen LogP) is 4.51. The highest BCUT2D eigenvalue weighted by molar-refractivity contribution is 7.91. The molecule has 1 unspecified atom stereocenters. The Morgan fingerprint density at radius 1 is 1.18 bits per heavy atom. The number of carbonyl (C=O) groups excluding carboxylic acids is 1. The second kappa shape index (κ2) is 9.21. The maximum Gasteiger partial charge on any atom is 0.260 e. The zero-order valence-electron chi connectivity index (χ0n) is 19.4. The summed E-state index contributed by atoms with van der Waals surface area (Å²) in [4.78, 5) is 13.2. The van der Waals surface area contributed by atoms with Gasteiger partial charge in [0.2, 0.25) is 0 Å². The van der Waals surface area contributed by atoms with E-state index < -0.39 is 15.7 Å². The van der Waals surface area contributed by atoms with Crippen molar-refractivity contribution in [2.75, 3.05) is 16.8 Å². The van der Waals surface area contributed by atoms with Gasteiger partial charge in [-0.2, -0.15) is 5.10 Å². The summed E-state index contributed by atoms with van der Waals surface area (Å²) in [6, 6.07) is 14.3. The molecule has 1 fully saturated rings. The van der Waals surface area contributed by atoms with Crippen molar-refractivity contribution < 1.29 is 22.3 Å². The number of halogens is 1. The third-order valence-corrected chi connectivity index (χ3v) is 7.49. The molecule has 2 aromatic carbocycles. The van der Waals surface area contributed by atoms with Crippen LogP contribution in [0.15, 0.2) is 54.6 Å². The maximum absolute atomic E-state index is 13.2. The smallest absolute Gasteiger partial charge is 0.260 e. The van der Waals surface area contributed by atoms with E-state index in [2.05, 4.69) is 10.4 Å². The first-order valence-corrected chi connectivity index (χ1v) is 12.9. The molecule has 9 heteroatoms. The average Bonchev–Trinajstić information content (AvgIpc) is 3.36. The van der Waals surface area contributed by atoms with Crippen molar-refractivity contribution in [1.82, 2.24) is 9.78 Å². The average molecular weight is 486 g/mol. The van der Waals surface area contributed by atoms with Gasteiger partial charge in [-0.3, -0.25) is 4.79 Å². The zero-order chi connectivity index (χ0) is 24.5. The minimum absolute atomic E-state index is 0.00149. The molecule has 0 aliphatic carbocycles. The molecule has 0 radical (unpaired) electrons. The van der Waals surface area contributed by atoms with Crippen LogP contribution in [0.1, 0.15) is 54.8 Å². The van der Waals surface area contributed by atoms with Crippen LogP contribution in [0.3, 0.4) is 0 Å². The molecule has 180 valence electrons. The van der Waals surface area contributed by atoms with Gasteiger partial charge in [0.15, 0.2) is 9.84 Å². The van der Waals surface area contributed by atoms with E-state index >= 15 is 0 Å². The lowest BCUT2D eigenvalue weighted by Gasteiger charge is -2.16. The first-order chi connectivity index (χ1) is 16.0. The maximum atomic E-state index is 13.2. The molecule has 1 saturated heterocycles. The van der Waals surface area contributed by atoms with Gasteiger partial charge in [-0.1, -0.05) is 45.0 Å². The van der Waals surface area contributed by atoms with Gasteiger partial charge >= 0.3 is 0 Å². The lowest BCUT2D eigenvalue weighted by molar-refractivity contribution is 0.102. The number of sulfone groups is 1. The number of anilines is 1. The summed E-state index contributed by atoms with van der Waals surface area (Å²) >= 11 is 0. The second-order valence-electron chi connectivity index (χ2n) is 9.53. The van der Waals surface area contributed by atoms with Crippen LogP contribution in [0.25, 0.3) is 0 Å². The number of amides is 1. The first-order valence-electron chi connectivity index (χ1n) is 11.1. The zero-order valence-corrected chi connectivity index (χ0v) is 20.2. The SMILES string of the molecule is CC(C)(C)c1cc(NC(=O)c2ccccc2OCc2ccc(F)cc2)n(C2CCS(=O)(=O)C2)n1. The van der Waals surface area contributed by atoms with E-state index in [-0.39, 0.29) is 35.4 Å². The van der Waals surface area contributed by atoms with Gasteiger partial charge in [-0.05, 0) is 36.2 Å². The highest BCUT2D eigenvalue weighted by atomic mass is 32.2. The predicted molar refractivity (Wildman–Crippen MR) is 128 cm³/mol. The molecule has 1 N–H and O–H groups in total. The molecule has 34 heavy (non-hydrogen) atoms. The van der Waals surface area contributed by atoms with Gasteiger partial charge in [0.1, 0.15) is 24.0 Å². The van der Waals surface area contributed by atoms with Crippen molar-refractivity contribution in [1.29, 1.82) is 0 Å². The summed E-state index contributed by atoms with van der Waals surface area (Å²) in [7, 11) is -3.13. The molecule has 7 nitrogen and oxygen atoms in total. The quantitative estimate of drug-likeness (QED) is 0.555. The molecule has 1 aliphatic heterocycles. The molecule has 0 spiro atoms. The van der Waals surface area contributed by atoms with E-state index in [9.17, 15) is 17.6 Å². The molecule has 2 heterocycles. The third-order valence-electron chi connectivity index (χ3n) is 5.74. The summed E-state index contributed by atoms with van der Waals surface area (Å²) in [5, 5.41) is 7.56. The van der Waals surface area contributed by atoms with Crippen molar-refractivity contribution in [2.45, 2.75) is 45.3 Å². The van der Waals surface area contributed by atoms with Gasteiger partial charge in [0, 0.05) is 11.5 Å². The lowest BCUT2D eigenvalue weighted by Crippen LogP contribution is -2.20. The van der Waals surface area contributed by atoms with E-state index in [1.807, 2.05) is 20.8 Å². The van der Waals surface area contributed by atoms with Crippen LogP contribution in [0.2, 0.25) is 0 Å². The van der Waals surface area contributed by atoms with Gasteiger partial charge in [0.05, 0.1) is 28.8 Å². The number of hydrogen-bond donors (Lipinski definition) is 1. The summed E-state index contributed by atoms with van der Waals surface area (Å²) < 4.78 is 44.8. The van der Waals surface area contributed by atoms with Crippen molar-refractivity contribution >= 4 is 21.6 Å². The van der Waals surface area contributed by atoms with Crippen molar-refractivity contribution in [3.63, 3.8) is 0 Å². The molecular formula is C25H28FN3O4S. The normalized spacial score (nSPS) is 17.5. The summed E-state index contributed by atoms with van der Waals surface area (Å²) in [6.45, 7) is 6.20. The van der Waals surface area contributed by atoms with E-state index in [0.29, 0.717) is 23.6 Å². The topological polar surface area (TPSA) is 90.3 Å². The largest absolute Gasteiger partial charge is 0.488 e. The molecule has 1 aromatic heterocycles. The third kappa shape index (κ3) is 5.47. The van der Waals surface area contributed by atoms with E-state index in [1.54, 1.807) is 47.1 Å². The van der Waals surface area contributed by atoms with Crippen LogP contribution in [0.5, 0.6) is 5.75 Å². The Kier molecular flexibility index (Phi) is 6.49. The van der Waals surface area contributed by atoms with Gasteiger partial charge < -0.3 is 10.1 Å². The van der Waals surface area contributed by atoms with Crippen molar-refractivity contribution in [2.24, 2.45) is 0 Å². The number of hydrogen-bond acceptors (Lipinski definition) is 5. The molecule has 3 aromatic rings. The van der Waals surface area contributed by atoms with E-state index in [0.717, 1.165) is 11.3 Å². The molecule has 0 bridgehead atoms. The van der Waals surface area contributed by atoms with E-state index in [1.165, 1.54) is 12.1 Å². The van der Waals surface area contributed by atoms with Crippen molar-refractivity contribution in [3.05, 3.63) is 77.2 Å². The Hall–Kier alpha value is -3.20. The Morgan fingerprint density at radius 2 is 1.88 bits per heavy atom. The van der Waals surface area contributed by atoms with Crippen LogP contribution in [0, 0.1) is 5.82 Å². The molecule has 1 aliphatic rings. The second-order valence-corrected chi connectivity index (χ2v) is 11.8. The Labute approximate surface area is 198 Å². The Bertz CT molecular complexity index is 1290. The summed E-state index contributed by atoms with van der Waals surface area (Å²) in [6.07, 6.45) is 0.452. The fourth-order valence-corrected chi connectivity index (χ4v) is 5.50. The monoisotopic (exact) mass is 485 g/mol. The number of ether oxygens (including phenoxy) is 1. The van der Waals surface area contributed by atoms with Crippen molar-refractivity contribution in [3.8, 4) is 5.75 Å². The molecule has 1 amide bonds. The number of rotatable bonds is 6. The number of benzene rings is 2. The Balaban J connectivity index is 1.58. The molecule has 0 saturated carbocycles. The Morgan fingerprint density at radius 3 is 2.53 bits per heavy atom. The van der Waals surface area contributed by atoms with Crippen LogP contribution in [0.4, 0.5) is 10.2 Å². The fraction of sp³-hybridized carbons (Fsp3) is 0.360. The van der Waals surface area contributed by atoms with Crippen LogP contribution < -0.4 is 10.1 Å². The van der Waals surface area contributed by atoms with Crippen LogP contribution in [-0.4, -0.2) is 35.6 Å². The van der Waals surface area contributed by atoms with Crippen LogP contribution >= 0.6 is 0 Å². The van der Waals surface area contributed by atoms with Crippen LogP contribution in [-0.2, 0) is 21.9 Å². The van der Waals surface area contributed by atoms with Gasteiger partial charge in [-0.25, -0.2) is 17.5 Å². The highest BCUT2D eigenvalue weighted by Gasteiger charge is 2.33. The number of carbonyl (C=O) groups is 1. The first kappa shape index (κ1) is 23.9. The molecular weight excluding hydrogens is 457 g/mol. The molecule has 1 atom stereocenters. The minimum atomic E-state index is -3.13. The molecule has 4 rings (SSSR count). The number of nitrogens with one attached hydrogen (secondary N) is 1. The number of nitrogens with zero attached hydrogens (tertiary/aromatic N) is 2. The van der Waals surface area contributed by atoms with Gasteiger partial charge in [0.25, 0.3) is 5.91 Å². The van der Waals surface area contributed by atoms with Gasteiger partial charge in [-0.15, -0.1) is 0 Å². The minimum Gasteiger partial charge on any atom is -0.488 e. The number of aromatic nitrogens is 2. The number of para-hydroxylation sites is 1. The van der Waals surface area contributed by atoms with E-state index in [4.69, 9.17) is 4.74 Å². The summed E-state index contributed by atoms with van der Waals surface area (Å²) in [5.74, 6) is 0.219. The fourth-order valence-electron chi connectivity index (χ4n) is 3.81. The summed E-state index contributed by atoms with van der Waals surface area (Å²) in [5.41, 5.74) is 1.58.